The predicted octanol–water partition coefficient (Wildman–Crippen LogP) is -0.459. The molecule has 1 amide bonds. The number of nitrogens with one attached hydrogen (secondary N) is 1. The fourth-order valence-electron chi connectivity index (χ4n) is 1.30. The Morgan fingerprint density at radius 1 is 1.77 bits per heavy atom. The Morgan fingerprint density at radius 3 is 3.00 bits per heavy atom. The van der Waals surface area contributed by atoms with Crippen LogP contribution in [0.15, 0.2) is 16.7 Å². The minimum Gasteiger partial charge on any atom is -0.390 e. The number of amides is 1. The molecule has 1 rings (SSSR count). The van der Waals surface area contributed by atoms with Gasteiger partial charge in [0.05, 0.1) is 11.3 Å². The van der Waals surface area contributed by atoms with E-state index in [0.717, 1.165) is 5.47 Å². The van der Waals surface area contributed by atoms with Crippen molar-refractivity contribution in [2.75, 3.05) is 0 Å². The van der Waals surface area contributed by atoms with Gasteiger partial charge in [0, 0.05) is 6.20 Å². The third-order valence-electron chi connectivity index (χ3n) is 1.68. The number of carbonyl (C=O) groups is 1. The lowest BCUT2D eigenvalue weighted by molar-refractivity contribution is -0.108. The second-order valence-electron chi connectivity index (χ2n) is 3.79. The summed E-state index contributed by atoms with van der Waals surface area (Å²) in [7, 11) is 0.628. The maximum atomic E-state index is 10.1. The van der Waals surface area contributed by atoms with Crippen molar-refractivity contribution >= 4 is 19.4 Å². The van der Waals surface area contributed by atoms with E-state index < -0.39 is 5.60 Å². The van der Waals surface area contributed by atoms with Crippen molar-refractivity contribution in [1.82, 2.24) is 5.32 Å². The molecule has 0 fully saturated rings. The molecule has 0 radical (unpaired) electrons. The van der Waals surface area contributed by atoms with E-state index in [1.807, 2.05) is 0 Å². The third-order valence-corrected chi connectivity index (χ3v) is 1.68. The van der Waals surface area contributed by atoms with Crippen LogP contribution in [0.5, 0.6) is 0 Å². The molecule has 0 saturated carbocycles. The SMILES string of the molecule is CC(C)(O)CC1=CN=C(NC=O)B1. The lowest BCUT2D eigenvalue weighted by atomic mass is 9.67. The van der Waals surface area contributed by atoms with Gasteiger partial charge in [-0.15, -0.1) is 0 Å². The van der Waals surface area contributed by atoms with Crippen LogP contribution >= 0.6 is 0 Å². The lowest BCUT2D eigenvalue weighted by Gasteiger charge is -2.16. The molecule has 0 aromatic carbocycles. The van der Waals surface area contributed by atoms with Gasteiger partial charge < -0.3 is 10.4 Å². The molecule has 1 aliphatic heterocycles. The Hall–Kier alpha value is -1.10. The summed E-state index contributed by atoms with van der Waals surface area (Å²) in [6.07, 6.45) is 2.89. The number of hydrogen-bond donors (Lipinski definition) is 2. The summed E-state index contributed by atoms with van der Waals surface area (Å²) in [5.41, 5.74) is 0.976. The molecule has 0 aromatic heterocycles. The second-order valence-corrected chi connectivity index (χ2v) is 3.79. The van der Waals surface area contributed by atoms with E-state index in [1.165, 1.54) is 0 Å². The van der Waals surface area contributed by atoms with Crippen molar-refractivity contribution in [3.05, 3.63) is 11.7 Å². The average molecular weight is 180 g/mol. The van der Waals surface area contributed by atoms with E-state index in [1.54, 1.807) is 20.0 Å². The highest BCUT2D eigenvalue weighted by Crippen LogP contribution is 2.16. The van der Waals surface area contributed by atoms with Crippen LogP contribution in [0.25, 0.3) is 0 Å². The molecule has 0 saturated heterocycles. The molecule has 1 aliphatic rings. The van der Waals surface area contributed by atoms with E-state index in [2.05, 4.69) is 10.3 Å². The lowest BCUT2D eigenvalue weighted by Crippen LogP contribution is -2.28. The first-order valence-electron chi connectivity index (χ1n) is 4.18. The highest BCUT2D eigenvalue weighted by molar-refractivity contribution is 6.82. The molecule has 5 heteroatoms. The Bertz CT molecular complexity index is 266. The number of amidine groups is 1. The molecule has 70 valence electrons. The number of aliphatic hydroxyl groups is 1. The van der Waals surface area contributed by atoms with Crippen molar-refractivity contribution in [3.8, 4) is 0 Å². The molecule has 0 aromatic rings. The van der Waals surface area contributed by atoms with Gasteiger partial charge in [0.1, 0.15) is 0 Å². The number of nitrogens with zero attached hydrogens (tertiary/aromatic N) is 1. The molecule has 0 aliphatic carbocycles. The van der Waals surface area contributed by atoms with Crippen LogP contribution in [0.4, 0.5) is 0 Å². The standard InChI is InChI=1S/C8H13BN2O2/c1-8(2,13)3-6-4-10-7(9-6)11-5-12/h4-5,9,13H,3H2,1-2H3,(H,10,11,12). The Balaban J connectivity index is 2.41. The topological polar surface area (TPSA) is 61.7 Å². The Kier molecular flexibility index (Phi) is 2.88. The Morgan fingerprint density at radius 2 is 2.46 bits per heavy atom. The minimum absolute atomic E-state index is 0.584. The van der Waals surface area contributed by atoms with Crippen LogP contribution in [-0.2, 0) is 4.79 Å². The quantitative estimate of drug-likeness (QED) is 0.456. The molecule has 0 spiro atoms. The third kappa shape index (κ3) is 3.42. The zero-order valence-corrected chi connectivity index (χ0v) is 7.87. The summed E-state index contributed by atoms with van der Waals surface area (Å²) in [4.78, 5) is 14.1. The summed E-state index contributed by atoms with van der Waals surface area (Å²) in [5.74, 6) is 0. The Labute approximate surface area is 78.0 Å². The maximum absolute atomic E-state index is 10.1. The summed E-state index contributed by atoms with van der Waals surface area (Å²) in [5, 5.41) is 12.0. The van der Waals surface area contributed by atoms with Gasteiger partial charge in [-0.1, -0.05) is 5.47 Å². The molecular weight excluding hydrogens is 167 g/mol. The first kappa shape index (κ1) is 9.99. The van der Waals surface area contributed by atoms with Crippen LogP contribution in [-0.4, -0.2) is 30.1 Å². The summed E-state index contributed by atoms with van der Waals surface area (Å²) >= 11 is 0. The first-order valence-corrected chi connectivity index (χ1v) is 4.18. The van der Waals surface area contributed by atoms with Gasteiger partial charge in [-0.2, -0.15) is 0 Å². The number of rotatable bonds is 3. The van der Waals surface area contributed by atoms with E-state index in [9.17, 15) is 9.90 Å². The summed E-state index contributed by atoms with van der Waals surface area (Å²) in [6, 6.07) is 0. The number of carbonyl (C=O) groups excluding carboxylic acids is 1. The van der Waals surface area contributed by atoms with E-state index in [-0.39, 0.29) is 0 Å². The minimum atomic E-state index is -0.710. The fourth-order valence-corrected chi connectivity index (χ4v) is 1.30. The second kappa shape index (κ2) is 3.74. The smallest absolute Gasteiger partial charge is 0.235 e. The highest BCUT2D eigenvalue weighted by atomic mass is 16.3. The monoisotopic (exact) mass is 180 g/mol. The van der Waals surface area contributed by atoms with Crippen molar-refractivity contribution in [2.45, 2.75) is 25.9 Å². The molecule has 1 heterocycles. The van der Waals surface area contributed by atoms with Gasteiger partial charge in [0.15, 0.2) is 0 Å². The van der Waals surface area contributed by atoms with Gasteiger partial charge in [0.2, 0.25) is 13.7 Å². The van der Waals surface area contributed by atoms with E-state index >= 15 is 0 Å². The van der Waals surface area contributed by atoms with E-state index in [4.69, 9.17) is 0 Å². The van der Waals surface area contributed by atoms with Crippen molar-refractivity contribution < 1.29 is 9.90 Å². The molecule has 0 bridgehead atoms. The van der Waals surface area contributed by atoms with Crippen LogP contribution in [0.3, 0.4) is 0 Å². The van der Waals surface area contributed by atoms with E-state index in [0.29, 0.717) is 25.8 Å². The first-order chi connectivity index (χ1) is 6.01. The average Bonchev–Trinajstić information content (AvgIpc) is 2.33. The molecule has 13 heavy (non-hydrogen) atoms. The van der Waals surface area contributed by atoms with Crippen LogP contribution < -0.4 is 5.32 Å². The molecular formula is C8H13BN2O2. The zero-order valence-electron chi connectivity index (χ0n) is 7.87. The van der Waals surface area contributed by atoms with Gasteiger partial charge in [0.25, 0.3) is 0 Å². The number of aliphatic imine (C=N–C) groups is 1. The van der Waals surface area contributed by atoms with Crippen molar-refractivity contribution in [1.29, 1.82) is 0 Å². The zero-order chi connectivity index (χ0) is 9.90. The number of hydrogen-bond acceptors (Lipinski definition) is 3. The van der Waals surface area contributed by atoms with Crippen LogP contribution in [0, 0.1) is 0 Å². The molecule has 0 atom stereocenters. The van der Waals surface area contributed by atoms with Crippen LogP contribution in [0.2, 0.25) is 0 Å². The van der Waals surface area contributed by atoms with Crippen LogP contribution in [0.1, 0.15) is 20.3 Å². The highest BCUT2D eigenvalue weighted by Gasteiger charge is 2.19. The normalized spacial score (nSPS) is 15.9. The predicted molar refractivity (Wildman–Crippen MR) is 52.8 cm³/mol. The maximum Gasteiger partial charge on any atom is 0.235 e. The fraction of sp³-hybridized carbons (Fsp3) is 0.500. The van der Waals surface area contributed by atoms with Gasteiger partial charge in [-0.3, -0.25) is 9.79 Å². The van der Waals surface area contributed by atoms with Crippen molar-refractivity contribution in [3.63, 3.8) is 0 Å². The van der Waals surface area contributed by atoms with Gasteiger partial charge >= 0.3 is 0 Å². The van der Waals surface area contributed by atoms with Crippen molar-refractivity contribution in [2.24, 2.45) is 4.99 Å². The molecule has 2 N–H and O–H groups in total. The largest absolute Gasteiger partial charge is 0.390 e. The molecule has 4 nitrogen and oxygen atoms in total. The molecule has 0 unspecified atom stereocenters. The summed E-state index contributed by atoms with van der Waals surface area (Å²) in [6.45, 7) is 3.50. The van der Waals surface area contributed by atoms with Gasteiger partial charge in [-0.25, -0.2) is 0 Å². The summed E-state index contributed by atoms with van der Waals surface area (Å²) < 4.78 is 0. The van der Waals surface area contributed by atoms with Gasteiger partial charge in [-0.05, 0) is 20.3 Å².